The molecule has 3 rings (SSSR count). The van der Waals surface area contributed by atoms with Crippen molar-refractivity contribution in [2.75, 3.05) is 11.3 Å². The summed E-state index contributed by atoms with van der Waals surface area (Å²) in [6.07, 6.45) is 0.632. The van der Waals surface area contributed by atoms with Gasteiger partial charge in [-0.1, -0.05) is 45.9 Å². The predicted molar refractivity (Wildman–Crippen MR) is 87.5 cm³/mol. The molecule has 20 heavy (non-hydrogen) atoms. The first-order valence-electron chi connectivity index (χ1n) is 7.15. The van der Waals surface area contributed by atoms with Crippen LogP contribution in [0.2, 0.25) is 0 Å². The number of aliphatic hydroxyl groups excluding tert-OH is 1. The molecule has 4 heteroatoms. The molecule has 1 aliphatic heterocycles. The van der Waals surface area contributed by atoms with E-state index in [1.807, 2.05) is 58.0 Å². The van der Waals surface area contributed by atoms with Crippen molar-refractivity contribution >= 4 is 27.4 Å². The quantitative estimate of drug-likeness (QED) is 0.883. The zero-order valence-electron chi connectivity index (χ0n) is 12.6. The first-order chi connectivity index (χ1) is 9.81. The number of aliphatic hydroxyl groups is 1. The Labute approximate surface area is 123 Å². The molecule has 3 nitrogen and oxygen atoms in total. The maximum Gasteiger partial charge on any atom is 0.151 e. The summed E-state index contributed by atoms with van der Waals surface area (Å²) in [7, 11) is -1.13. The summed E-state index contributed by atoms with van der Waals surface area (Å²) in [4.78, 5) is 0.840. The second-order valence-corrected chi connectivity index (χ2v) is 4.98. The van der Waals surface area contributed by atoms with E-state index in [0.717, 1.165) is 26.9 Å². The third-order valence-corrected chi connectivity index (χ3v) is 4.02. The molecule has 0 saturated heterocycles. The number of hydrogen-bond acceptors (Lipinski definition) is 2. The van der Waals surface area contributed by atoms with Crippen LogP contribution >= 0.6 is 0 Å². The highest BCUT2D eigenvalue weighted by atomic mass is 32.2. The minimum Gasteiger partial charge on any atom is -0.396 e. The van der Waals surface area contributed by atoms with E-state index in [1.54, 1.807) is 0 Å². The molecule has 0 radical (unpaired) electrons. The second-order valence-electron chi connectivity index (χ2n) is 3.80. The van der Waals surface area contributed by atoms with Gasteiger partial charge in [0, 0.05) is 12.0 Å². The summed E-state index contributed by atoms with van der Waals surface area (Å²) >= 11 is 0. The van der Waals surface area contributed by atoms with Crippen LogP contribution in [0.4, 0.5) is 5.69 Å². The lowest BCUT2D eigenvalue weighted by Gasteiger charge is -2.05. The molecule has 0 fully saturated rings. The largest absolute Gasteiger partial charge is 0.396 e. The van der Waals surface area contributed by atoms with E-state index in [4.69, 9.17) is 5.11 Å². The minimum absolute atomic E-state index is 0.134. The summed E-state index contributed by atoms with van der Waals surface area (Å²) in [6, 6.07) is 9.71. The van der Waals surface area contributed by atoms with Crippen LogP contribution in [0, 0.1) is 0 Å². The maximum atomic E-state index is 11.8. The highest BCUT2D eigenvalue weighted by molar-refractivity contribution is 7.87. The number of nitrogens with one attached hydrogen (secondary N) is 1. The smallest absolute Gasteiger partial charge is 0.151 e. The van der Waals surface area contributed by atoms with Crippen molar-refractivity contribution < 1.29 is 9.32 Å². The highest BCUT2D eigenvalue weighted by Crippen LogP contribution is 2.37. The van der Waals surface area contributed by atoms with E-state index in [1.165, 1.54) is 0 Å². The van der Waals surface area contributed by atoms with Crippen LogP contribution in [-0.2, 0) is 17.4 Å². The third kappa shape index (κ3) is 3.02. The topological polar surface area (TPSA) is 49.3 Å². The number of benzene rings is 2. The van der Waals surface area contributed by atoms with E-state index < -0.39 is 11.0 Å². The van der Waals surface area contributed by atoms with Gasteiger partial charge in [-0.3, -0.25) is 0 Å². The molecule has 1 unspecified atom stereocenters. The molecule has 110 valence electrons. The monoisotopic (exact) mass is 293 g/mol. The van der Waals surface area contributed by atoms with Gasteiger partial charge in [-0.05, 0) is 29.5 Å². The average molecular weight is 293 g/mol. The molecule has 2 aromatic rings. The molecule has 0 aliphatic carbocycles. The molecule has 0 spiro atoms. The molecule has 0 amide bonds. The molecule has 0 aromatic heterocycles. The normalized spacial score (nSPS) is 14.8. The molecular weight excluding hydrogens is 270 g/mol. The third-order valence-electron chi connectivity index (χ3n) is 2.88. The van der Waals surface area contributed by atoms with Gasteiger partial charge in [0.1, 0.15) is 0 Å². The summed E-state index contributed by atoms with van der Waals surface area (Å²) in [5, 5.41) is 11.1. The number of rotatable bonds is 2. The molecule has 1 aliphatic rings. The minimum atomic E-state index is -1.13. The van der Waals surface area contributed by atoms with Crippen LogP contribution < -0.4 is 4.72 Å². The summed E-state index contributed by atoms with van der Waals surface area (Å²) < 4.78 is 14.7. The number of hydrogen-bond donors (Lipinski definition) is 2. The van der Waals surface area contributed by atoms with Gasteiger partial charge < -0.3 is 9.83 Å². The van der Waals surface area contributed by atoms with Crippen LogP contribution in [0.1, 0.15) is 33.3 Å². The zero-order chi connectivity index (χ0) is 15.1. The van der Waals surface area contributed by atoms with E-state index >= 15 is 0 Å². The highest BCUT2D eigenvalue weighted by Gasteiger charge is 2.20. The summed E-state index contributed by atoms with van der Waals surface area (Å²) in [5.74, 6) is 0. The summed E-state index contributed by atoms with van der Waals surface area (Å²) in [6.45, 7) is 8.13. The SMILES string of the molecule is CC.CC.O=S1Nc2ccc(CCO)c3cccc1c23. The van der Waals surface area contributed by atoms with Gasteiger partial charge in [-0.15, -0.1) is 0 Å². The Balaban J connectivity index is 0.000000461. The van der Waals surface area contributed by atoms with Gasteiger partial charge in [0.2, 0.25) is 0 Å². The van der Waals surface area contributed by atoms with Crippen molar-refractivity contribution in [3.63, 3.8) is 0 Å². The van der Waals surface area contributed by atoms with Crippen molar-refractivity contribution in [2.45, 2.75) is 39.0 Å². The fourth-order valence-corrected chi connectivity index (χ4v) is 3.25. The Morgan fingerprint density at radius 3 is 2.45 bits per heavy atom. The van der Waals surface area contributed by atoms with Gasteiger partial charge in [0.15, 0.2) is 11.0 Å². The Morgan fingerprint density at radius 2 is 1.80 bits per heavy atom. The molecule has 2 aromatic carbocycles. The van der Waals surface area contributed by atoms with Gasteiger partial charge in [0.05, 0.1) is 10.6 Å². The number of anilines is 1. The Kier molecular flexibility index (Phi) is 6.68. The predicted octanol–water partition coefficient (Wildman–Crippen LogP) is 3.88. The van der Waals surface area contributed by atoms with Crippen LogP contribution in [-0.4, -0.2) is 15.9 Å². The van der Waals surface area contributed by atoms with Gasteiger partial charge in [-0.2, -0.15) is 0 Å². The van der Waals surface area contributed by atoms with Gasteiger partial charge in [0.25, 0.3) is 0 Å². The molecule has 1 heterocycles. The van der Waals surface area contributed by atoms with Crippen molar-refractivity contribution in [3.8, 4) is 0 Å². The van der Waals surface area contributed by atoms with Crippen LogP contribution in [0.25, 0.3) is 10.8 Å². The van der Waals surface area contributed by atoms with Crippen molar-refractivity contribution in [1.82, 2.24) is 0 Å². The molecule has 0 saturated carbocycles. The maximum absolute atomic E-state index is 11.8. The van der Waals surface area contributed by atoms with Crippen molar-refractivity contribution in [1.29, 1.82) is 0 Å². The standard InChI is InChI=1S/C12H11NO2S.2C2H6/c14-7-6-8-4-5-10-12-9(8)2-1-3-11(12)16(15)13-10;2*1-2/h1-5,13-14H,6-7H2;2*1-2H3. The molecular formula is C16H23NO2S. The fourth-order valence-electron chi connectivity index (χ4n) is 2.17. The van der Waals surface area contributed by atoms with Crippen molar-refractivity contribution in [3.05, 3.63) is 35.9 Å². The van der Waals surface area contributed by atoms with E-state index in [9.17, 15) is 4.21 Å². The van der Waals surface area contributed by atoms with E-state index in [0.29, 0.717) is 6.42 Å². The van der Waals surface area contributed by atoms with E-state index in [-0.39, 0.29) is 6.61 Å². The van der Waals surface area contributed by atoms with Gasteiger partial charge >= 0.3 is 0 Å². The Morgan fingerprint density at radius 1 is 1.10 bits per heavy atom. The molecule has 2 N–H and O–H groups in total. The first kappa shape index (κ1) is 16.7. The summed E-state index contributed by atoms with van der Waals surface area (Å²) in [5.41, 5.74) is 2.02. The lowest BCUT2D eigenvalue weighted by atomic mass is 10.0. The Bertz CT molecular complexity index is 596. The first-order valence-corrected chi connectivity index (χ1v) is 8.30. The van der Waals surface area contributed by atoms with Crippen LogP contribution in [0.15, 0.2) is 35.2 Å². The van der Waals surface area contributed by atoms with Crippen LogP contribution in [0.5, 0.6) is 0 Å². The molecule has 1 atom stereocenters. The second kappa shape index (κ2) is 8.02. The lowest BCUT2D eigenvalue weighted by Crippen LogP contribution is -1.95. The Hall–Kier alpha value is -1.39. The lowest BCUT2D eigenvalue weighted by molar-refractivity contribution is 0.300. The van der Waals surface area contributed by atoms with Crippen molar-refractivity contribution in [2.24, 2.45) is 0 Å². The fraction of sp³-hybridized carbons (Fsp3) is 0.375. The molecule has 0 bridgehead atoms. The average Bonchev–Trinajstić information content (AvgIpc) is 2.85. The van der Waals surface area contributed by atoms with Gasteiger partial charge in [-0.25, -0.2) is 4.21 Å². The van der Waals surface area contributed by atoms with E-state index in [2.05, 4.69) is 4.72 Å². The van der Waals surface area contributed by atoms with Crippen LogP contribution in [0.3, 0.4) is 0 Å². The zero-order valence-corrected chi connectivity index (χ0v) is 13.4.